The topological polar surface area (TPSA) is 63.9 Å². The number of carbonyl (C=O) groups excluding carboxylic acids is 1. The van der Waals surface area contributed by atoms with E-state index in [0.717, 1.165) is 47.7 Å². The number of piperidine rings is 1. The van der Waals surface area contributed by atoms with E-state index in [1.165, 1.54) is 0 Å². The first-order valence-corrected chi connectivity index (χ1v) is 11.9. The maximum atomic E-state index is 13.2. The van der Waals surface area contributed by atoms with Crippen LogP contribution in [0.3, 0.4) is 0 Å². The van der Waals surface area contributed by atoms with E-state index >= 15 is 0 Å². The second kappa shape index (κ2) is 9.00. The van der Waals surface area contributed by atoms with E-state index in [-0.39, 0.29) is 36.8 Å². The van der Waals surface area contributed by atoms with Crippen molar-refractivity contribution in [1.82, 2.24) is 24.6 Å². The fourth-order valence-corrected chi connectivity index (χ4v) is 5.66. The minimum absolute atomic E-state index is 0.0645. The predicted molar refractivity (Wildman–Crippen MR) is 122 cm³/mol. The number of nitrogens with zero attached hydrogens (tertiary/aromatic N) is 5. The Morgan fingerprint density at radius 1 is 1.06 bits per heavy atom. The number of hydrogen-bond acceptors (Lipinski definition) is 4. The molecule has 2 aliphatic heterocycles. The van der Waals surface area contributed by atoms with Gasteiger partial charge in [-0.3, -0.25) is 19.4 Å². The molecule has 0 aromatic carbocycles. The molecule has 5 rings (SSSR count). The van der Waals surface area contributed by atoms with Gasteiger partial charge in [-0.15, -0.1) is 0 Å². The summed E-state index contributed by atoms with van der Waals surface area (Å²) in [5, 5.41) is 6.07. The highest BCUT2D eigenvalue weighted by molar-refractivity contribution is 5.86. The molecule has 3 aromatic rings. The number of fused-ring (bicyclic) bond motifs is 3. The molecule has 0 spiro atoms. The van der Waals surface area contributed by atoms with Crippen molar-refractivity contribution < 1.29 is 18.0 Å². The highest BCUT2D eigenvalue weighted by Gasteiger charge is 2.43. The SMILES string of the molecule is Cn1cc(-c2cc3cc(CC(=O)N4[C@@H]5CC[C@H]4CC(CCCC(F)(F)F)C5)ncc3cn2)cn1. The molecule has 0 aliphatic carbocycles. The van der Waals surface area contributed by atoms with Crippen molar-refractivity contribution in [3.8, 4) is 11.3 Å². The van der Waals surface area contributed by atoms with Crippen LogP contribution in [0.25, 0.3) is 22.0 Å². The van der Waals surface area contributed by atoms with E-state index in [2.05, 4.69) is 15.1 Å². The van der Waals surface area contributed by atoms with Crippen molar-refractivity contribution in [2.45, 2.75) is 69.6 Å². The lowest BCUT2D eigenvalue weighted by Crippen LogP contribution is -2.47. The zero-order valence-corrected chi connectivity index (χ0v) is 19.1. The van der Waals surface area contributed by atoms with Crippen molar-refractivity contribution in [2.24, 2.45) is 13.0 Å². The number of aryl methyl sites for hydroxylation is 1. The van der Waals surface area contributed by atoms with Crippen LogP contribution in [0.2, 0.25) is 0 Å². The largest absolute Gasteiger partial charge is 0.389 e. The van der Waals surface area contributed by atoms with E-state index in [1.807, 2.05) is 30.3 Å². The summed E-state index contributed by atoms with van der Waals surface area (Å²) in [4.78, 5) is 24.2. The first kappa shape index (κ1) is 22.8. The van der Waals surface area contributed by atoms with Crippen LogP contribution in [-0.4, -0.2) is 48.8 Å². The average Bonchev–Trinajstić information content (AvgIpc) is 3.33. The maximum absolute atomic E-state index is 13.2. The first-order chi connectivity index (χ1) is 16.2. The Hall–Kier alpha value is -2.97. The fraction of sp³-hybridized carbons (Fsp3) is 0.520. The molecule has 180 valence electrons. The van der Waals surface area contributed by atoms with E-state index in [0.29, 0.717) is 12.1 Å². The van der Waals surface area contributed by atoms with Crippen LogP contribution in [-0.2, 0) is 18.3 Å². The summed E-state index contributed by atoms with van der Waals surface area (Å²) in [6.45, 7) is 0. The molecular weight excluding hydrogens is 443 g/mol. The smallest absolute Gasteiger partial charge is 0.336 e. The summed E-state index contributed by atoms with van der Waals surface area (Å²) in [7, 11) is 1.86. The van der Waals surface area contributed by atoms with Crippen molar-refractivity contribution in [1.29, 1.82) is 0 Å². The molecule has 9 heteroatoms. The highest BCUT2D eigenvalue weighted by atomic mass is 19.4. The quantitative estimate of drug-likeness (QED) is 0.503. The standard InChI is InChI=1S/C25H28F3N5O/c1-32-15-19(14-31-32)23-10-17-9-20(29-12-18(17)13-30-23)11-24(34)33-21-4-5-22(33)8-16(7-21)3-2-6-25(26,27)28/h9-10,12-16,21-22H,2-8,11H2,1H3/t16?,21-,22+. The number of alkyl halides is 3. The Bertz CT molecular complexity index is 1180. The van der Waals surface area contributed by atoms with Crippen LogP contribution in [0, 0.1) is 5.92 Å². The van der Waals surface area contributed by atoms with Gasteiger partial charge in [-0.05, 0) is 62.0 Å². The van der Waals surface area contributed by atoms with Gasteiger partial charge in [0.05, 0.1) is 24.0 Å². The van der Waals surface area contributed by atoms with E-state index in [4.69, 9.17) is 0 Å². The third-order valence-electron chi connectivity index (χ3n) is 7.18. The monoisotopic (exact) mass is 471 g/mol. The fourth-order valence-electron chi connectivity index (χ4n) is 5.66. The Kier molecular flexibility index (Phi) is 6.04. The van der Waals surface area contributed by atoms with E-state index < -0.39 is 12.6 Å². The third-order valence-corrected chi connectivity index (χ3v) is 7.18. The molecule has 2 fully saturated rings. The number of halogens is 3. The minimum atomic E-state index is -4.09. The molecule has 0 saturated carbocycles. The van der Waals surface area contributed by atoms with Crippen LogP contribution in [0.5, 0.6) is 0 Å². The Morgan fingerprint density at radius 3 is 2.47 bits per heavy atom. The number of aromatic nitrogens is 4. The van der Waals surface area contributed by atoms with Crippen LogP contribution >= 0.6 is 0 Å². The second-order valence-corrected chi connectivity index (χ2v) is 9.70. The zero-order chi connectivity index (χ0) is 23.9. The molecule has 1 unspecified atom stereocenters. The Balaban J connectivity index is 1.25. The van der Waals surface area contributed by atoms with E-state index in [9.17, 15) is 18.0 Å². The maximum Gasteiger partial charge on any atom is 0.389 e. The molecule has 0 N–H and O–H groups in total. The molecule has 3 atom stereocenters. The summed E-state index contributed by atoms with van der Waals surface area (Å²) in [6.07, 6.45) is 6.90. The number of carbonyl (C=O) groups is 1. The molecule has 2 bridgehead atoms. The molecule has 5 heterocycles. The summed E-state index contributed by atoms with van der Waals surface area (Å²) < 4.78 is 39.2. The number of rotatable bonds is 6. The second-order valence-electron chi connectivity index (χ2n) is 9.70. The number of pyridine rings is 2. The lowest BCUT2D eigenvalue weighted by atomic mass is 9.86. The van der Waals surface area contributed by atoms with Crippen molar-refractivity contribution in [2.75, 3.05) is 0 Å². The Morgan fingerprint density at radius 2 is 1.79 bits per heavy atom. The van der Waals surface area contributed by atoms with Crippen LogP contribution in [0.15, 0.2) is 36.9 Å². The first-order valence-electron chi connectivity index (χ1n) is 11.9. The van der Waals surface area contributed by atoms with Crippen molar-refractivity contribution in [3.05, 3.63) is 42.6 Å². The zero-order valence-electron chi connectivity index (χ0n) is 19.1. The van der Waals surface area contributed by atoms with Crippen LogP contribution in [0.4, 0.5) is 13.2 Å². The predicted octanol–water partition coefficient (Wildman–Crippen LogP) is 5.08. The molecule has 2 saturated heterocycles. The summed E-state index contributed by atoms with van der Waals surface area (Å²) in [6, 6.07) is 4.21. The molecule has 0 radical (unpaired) electrons. The van der Waals surface area contributed by atoms with Gasteiger partial charge in [0, 0.05) is 55.1 Å². The summed E-state index contributed by atoms with van der Waals surface area (Å²) in [5.74, 6) is 0.343. The van der Waals surface area contributed by atoms with Gasteiger partial charge < -0.3 is 4.90 Å². The molecule has 2 aliphatic rings. The summed E-state index contributed by atoms with van der Waals surface area (Å²) in [5.41, 5.74) is 2.45. The normalized spacial score (nSPS) is 22.5. The Labute approximate surface area is 196 Å². The van der Waals surface area contributed by atoms with Crippen LogP contribution < -0.4 is 0 Å². The minimum Gasteiger partial charge on any atom is -0.336 e. The molecule has 6 nitrogen and oxygen atoms in total. The van der Waals surface area contributed by atoms with Gasteiger partial charge in [-0.2, -0.15) is 18.3 Å². The van der Waals surface area contributed by atoms with Crippen molar-refractivity contribution >= 4 is 16.7 Å². The van der Waals surface area contributed by atoms with Gasteiger partial charge >= 0.3 is 6.18 Å². The van der Waals surface area contributed by atoms with Gasteiger partial charge in [0.25, 0.3) is 0 Å². The lowest BCUT2D eigenvalue weighted by Gasteiger charge is -2.39. The van der Waals surface area contributed by atoms with E-state index in [1.54, 1.807) is 23.3 Å². The molecule has 34 heavy (non-hydrogen) atoms. The molecule has 3 aromatic heterocycles. The molecular formula is C25H28F3N5O. The van der Waals surface area contributed by atoms with Gasteiger partial charge in [0.2, 0.25) is 5.91 Å². The van der Waals surface area contributed by atoms with Gasteiger partial charge in [0.1, 0.15) is 0 Å². The van der Waals surface area contributed by atoms with Gasteiger partial charge in [0.15, 0.2) is 0 Å². The molecule has 1 amide bonds. The number of amides is 1. The number of hydrogen-bond donors (Lipinski definition) is 0. The van der Waals surface area contributed by atoms with Gasteiger partial charge in [-0.25, -0.2) is 0 Å². The van der Waals surface area contributed by atoms with Crippen LogP contribution in [0.1, 0.15) is 50.6 Å². The highest BCUT2D eigenvalue weighted by Crippen LogP contribution is 2.41. The lowest BCUT2D eigenvalue weighted by molar-refractivity contribution is -0.137. The summed E-state index contributed by atoms with van der Waals surface area (Å²) >= 11 is 0. The van der Waals surface area contributed by atoms with Crippen molar-refractivity contribution in [3.63, 3.8) is 0 Å². The average molecular weight is 472 g/mol. The third kappa shape index (κ3) is 4.93. The van der Waals surface area contributed by atoms with Gasteiger partial charge in [-0.1, -0.05) is 0 Å².